The van der Waals surface area contributed by atoms with Gasteiger partial charge in [0.2, 0.25) is 0 Å². The summed E-state index contributed by atoms with van der Waals surface area (Å²) in [6, 6.07) is 17.4. The maximum Gasteiger partial charge on any atom is 0.333 e. The maximum absolute atomic E-state index is 12.9. The molecule has 0 bridgehead atoms. The molecule has 0 aliphatic carbocycles. The highest BCUT2D eigenvalue weighted by atomic mass is 35.5. The van der Waals surface area contributed by atoms with E-state index in [0.29, 0.717) is 16.3 Å². The molecule has 34 heavy (non-hydrogen) atoms. The monoisotopic (exact) mass is 479 g/mol. The summed E-state index contributed by atoms with van der Waals surface area (Å²) < 4.78 is 10.4. The Kier molecular flexibility index (Phi) is 8.43. The molecule has 2 aromatic carbocycles. The number of nitrogens with one attached hydrogen (secondary N) is 1. The molecule has 1 atom stereocenters. The van der Waals surface area contributed by atoms with E-state index in [1.54, 1.807) is 61.5 Å². The van der Waals surface area contributed by atoms with Gasteiger partial charge in [0.1, 0.15) is 0 Å². The molecule has 3 aromatic rings. The van der Waals surface area contributed by atoms with Gasteiger partial charge in [0, 0.05) is 17.3 Å². The molecule has 1 heterocycles. The molecule has 3 rings (SSSR count). The topological polar surface area (TPSA) is 113 Å². The van der Waals surface area contributed by atoms with Gasteiger partial charge in [-0.3, -0.25) is 9.59 Å². The molecule has 0 spiro atoms. The normalized spacial score (nSPS) is 11.2. The molecular weight excluding hydrogens is 458 g/mol. The van der Waals surface area contributed by atoms with E-state index < -0.39 is 30.4 Å². The van der Waals surface area contributed by atoms with Crippen molar-refractivity contribution in [2.75, 3.05) is 18.1 Å². The van der Waals surface area contributed by atoms with Crippen molar-refractivity contribution in [2.24, 2.45) is 0 Å². The smallest absolute Gasteiger partial charge is 0.333 e. The van der Waals surface area contributed by atoms with Crippen LogP contribution in [0.25, 0.3) is 0 Å². The maximum atomic E-state index is 12.9. The van der Waals surface area contributed by atoms with Gasteiger partial charge >= 0.3 is 5.97 Å². The van der Waals surface area contributed by atoms with E-state index in [4.69, 9.17) is 26.0 Å². The van der Waals surface area contributed by atoms with Crippen molar-refractivity contribution in [3.63, 3.8) is 0 Å². The third-order valence-corrected chi connectivity index (χ3v) is 5.35. The predicted molar refractivity (Wildman–Crippen MR) is 125 cm³/mol. The highest BCUT2D eigenvalue weighted by Gasteiger charge is 2.27. The number of carbonyl (C=O) groups excluding carboxylic acids is 3. The summed E-state index contributed by atoms with van der Waals surface area (Å²) in [6.45, 7) is 1.34. The van der Waals surface area contributed by atoms with Gasteiger partial charge < -0.3 is 19.4 Å². The van der Waals surface area contributed by atoms with Crippen LogP contribution in [-0.4, -0.2) is 30.9 Å². The number of aryl methyl sites for hydroxylation is 1. The SMILES string of the molecule is Cc1cc(N(CCC#N)C(=O)COC(=O)C(NC(=O)c2ccco2)c2ccccc2)ccc1Cl. The lowest BCUT2D eigenvalue weighted by Crippen LogP contribution is -2.39. The first-order chi connectivity index (χ1) is 16.4. The summed E-state index contributed by atoms with van der Waals surface area (Å²) >= 11 is 6.08. The number of rotatable bonds is 9. The number of anilines is 1. The molecular formula is C25H22ClN3O5. The van der Waals surface area contributed by atoms with E-state index in [1.165, 1.54) is 17.2 Å². The molecule has 1 unspecified atom stereocenters. The van der Waals surface area contributed by atoms with Gasteiger partial charge in [-0.05, 0) is 48.4 Å². The zero-order chi connectivity index (χ0) is 24.5. The van der Waals surface area contributed by atoms with Crippen LogP contribution < -0.4 is 10.2 Å². The molecule has 1 aromatic heterocycles. The van der Waals surface area contributed by atoms with E-state index in [-0.39, 0.29) is 18.7 Å². The van der Waals surface area contributed by atoms with Crippen LogP contribution >= 0.6 is 11.6 Å². The molecule has 0 aliphatic heterocycles. The Morgan fingerprint density at radius 1 is 1.15 bits per heavy atom. The Hall–Kier alpha value is -4.09. The van der Waals surface area contributed by atoms with Crippen molar-refractivity contribution in [3.8, 4) is 6.07 Å². The number of nitrogens with zero attached hydrogens (tertiary/aromatic N) is 2. The number of ether oxygens (including phenoxy) is 1. The number of hydrogen-bond acceptors (Lipinski definition) is 6. The van der Waals surface area contributed by atoms with Gasteiger partial charge in [-0.2, -0.15) is 5.26 Å². The van der Waals surface area contributed by atoms with Crippen molar-refractivity contribution in [1.29, 1.82) is 5.26 Å². The third-order valence-electron chi connectivity index (χ3n) is 4.93. The first-order valence-electron chi connectivity index (χ1n) is 10.4. The fourth-order valence-electron chi connectivity index (χ4n) is 3.18. The number of benzene rings is 2. The lowest BCUT2D eigenvalue weighted by atomic mass is 10.1. The largest absolute Gasteiger partial charge is 0.459 e. The molecule has 2 amide bonds. The van der Waals surface area contributed by atoms with Gasteiger partial charge in [-0.15, -0.1) is 0 Å². The molecule has 0 saturated carbocycles. The summed E-state index contributed by atoms with van der Waals surface area (Å²) in [5, 5.41) is 12.1. The van der Waals surface area contributed by atoms with Crippen LogP contribution in [0.1, 0.15) is 34.1 Å². The summed E-state index contributed by atoms with van der Waals surface area (Å²) in [5.74, 6) is -1.90. The molecule has 1 N–H and O–H groups in total. The summed E-state index contributed by atoms with van der Waals surface area (Å²) in [5.41, 5.74) is 1.77. The second-order valence-corrected chi connectivity index (χ2v) is 7.70. The second-order valence-electron chi connectivity index (χ2n) is 7.29. The third kappa shape index (κ3) is 6.24. The fourth-order valence-corrected chi connectivity index (χ4v) is 3.30. The van der Waals surface area contributed by atoms with Crippen LogP contribution in [-0.2, 0) is 14.3 Å². The number of carbonyl (C=O) groups is 3. The molecule has 0 radical (unpaired) electrons. The van der Waals surface area contributed by atoms with E-state index in [0.717, 1.165) is 5.56 Å². The van der Waals surface area contributed by atoms with Gasteiger partial charge in [-0.1, -0.05) is 41.9 Å². The highest BCUT2D eigenvalue weighted by molar-refractivity contribution is 6.31. The van der Waals surface area contributed by atoms with Crippen LogP contribution in [0.3, 0.4) is 0 Å². The summed E-state index contributed by atoms with van der Waals surface area (Å²) in [4.78, 5) is 39.7. The highest BCUT2D eigenvalue weighted by Crippen LogP contribution is 2.23. The van der Waals surface area contributed by atoms with Crippen LogP contribution in [0, 0.1) is 18.3 Å². The molecule has 9 heteroatoms. The number of amides is 2. The molecule has 0 fully saturated rings. The average molecular weight is 480 g/mol. The number of halogens is 1. The minimum atomic E-state index is -1.16. The number of hydrogen-bond donors (Lipinski definition) is 1. The van der Waals surface area contributed by atoms with Crippen molar-refractivity contribution in [3.05, 3.63) is 88.8 Å². The van der Waals surface area contributed by atoms with Crippen LogP contribution in [0.5, 0.6) is 0 Å². The molecule has 8 nitrogen and oxygen atoms in total. The Balaban J connectivity index is 1.74. The lowest BCUT2D eigenvalue weighted by molar-refractivity contribution is -0.150. The van der Waals surface area contributed by atoms with Crippen molar-refractivity contribution in [1.82, 2.24) is 5.32 Å². The van der Waals surface area contributed by atoms with E-state index in [9.17, 15) is 14.4 Å². The van der Waals surface area contributed by atoms with Crippen molar-refractivity contribution < 1.29 is 23.5 Å². The van der Waals surface area contributed by atoms with Gasteiger partial charge in [0.25, 0.3) is 11.8 Å². The number of esters is 1. The van der Waals surface area contributed by atoms with E-state index in [1.807, 2.05) is 6.07 Å². The molecule has 0 aliphatic rings. The number of furan rings is 1. The Morgan fingerprint density at radius 3 is 2.56 bits per heavy atom. The minimum Gasteiger partial charge on any atom is -0.459 e. The predicted octanol–water partition coefficient (Wildman–Crippen LogP) is 4.20. The molecule has 0 saturated heterocycles. The van der Waals surface area contributed by atoms with E-state index >= 15 is 0 Å². The Morgan fingerprint density at radius 2 is 1.91 bits per heavy atom. The number of nitriles is 1. The van der Waals surface area contributed by atoms with Crippen LogP contribution in [0.4, 0.5) is 5.69 Å². The molecule has 174 valence electrons. The van der Waals surface area contributed by atoms with Gasteiger partial charge in [-0.25, -0.2) is 4.79 Å². The quantitative estimate of drug-likeness (QED) is 0.460. The van der Waals surface area contributed by atoms with Crippen LogP contribution in [0.15, 0.2) is 71.3 Å². The van der Waals surface area contributed by atoms with Gasteiger partial charge in [0.05, 0.1) is 18.8 Å². The lowest BCUT2D eigenvalue weighted by Gasteiger charge is -2.23. The Bertz CT molecular complexity index is 1190. The summed E-state index contributed by atoms with van der Waals surface area (Å²) in [6.07, 6.45) is 1.44. The fraction of sp³-hybridized carbons (Fsp3) is 0.200. The zero-order valence-corrected chi connectivity index (χ0v) is 19.1. The second kappa shape index (κ2) is 11.7. The van der Waals surface area contributed by atoms with Crippen molar-refractivity contribution in [2.45, 2.75) is 19.4 Å². The first-order valence-corrected chi connectivity index (χ1v) is 10.8. The zero-order valence-electron chi connectivity index (χ0n) is 18.4. The summed E-state index contributed by atoms with van der Waals surface area (Å²) in [7, 11) is 0. The minimum absolute atomic E-state index is 0.0330. The van der Waals surface area contributed by atoms with E-state index in [2.05, 4.69) is 5.32 Å². The van der Waals surface area contributed by atoms with Crippen molar-refractivity contribution >= 4 is 35.1 Å². The standard InChI is InChI=1S/C25H22ClN3O5/c1-17-15-19(10-11-20(17)26)29(13-6-12-27)22(30)16-34-25(32)23(18-7-3-2-4-8-18)28-24(31)21-9-5-14-33-21/h2-5,7-11,14-15,23H,6,13,16H2,1H3,(H,28,31). The van der Waals surface area contributed by atoms with Gasteiger partial charge in [0.15, 0.2) is 18.4 Å². The Labute approximate surface area is 201 Å². The first kappa shape index (κ1) is 24.6. The van der Waals surface area contributed by atoms with Crippen LogP contribution in [0.2, 0.25) is 5.02 Å². The average Bonchev–Trinajstić information content (AvgIpc) is 3.39.